The minimum absolute atomic E-state index is 0.0614. The summed E-state index contributed by atoms with van der Waals surface area (Å²) < 4.78 is 5.28. The van der Waals surface area contributed by atoms with Crippen molar-refractivity contribution >= 4 is 0 Å². The third-order valence-corrected chi connectivity index (χ3v) is 2.78. The van der Waals surface area contributed by atoms with Gasteiger partial charge in [-0.2, -0.15) is 5.26 Å². The Bertz CT molecular complexity index is 524. The van der Waals surface area contributed by atoms with Crippen LogP contribution in [0.5, 0.6) is 5.75 Å². The van der Waals surface area contributed by atoms with Crippen LogP contribution in [-0.4, -0.2) is 37.3 Å². The quantitative estimate of drug-likeness (QED) is 0.802. The van der Waals surface area contributed by atoms with Crippen LogP contribution in [0.25, 0.3) is 0 Å². The molecule has 0 bridgehead atoms. The molecular weight excluding hydrogens is 252 g/mol. The fourth-order valence-electron chi connectivity index (χ4n) is 1.80. The number of rotatable bonds is 6. The summed E-state index contributed by atoms with van der Waals surface area (Å²) in [7, 11) is 3.60. The summed E-state index contributed by atoms with van der Waals surface area (Å²) in [5.74, 6) is 6.66. The summed E-state index contributed by atoms with van der Waals surface area (Å²) in [6.45, 7) is 1.57. The second-order valence-electron chi connectivity index (χ2n) is 4.46. The fourth-order valence-corrected chi connectivity index (χ4v) is 1.80. The van der Waals surface area contributed by atoms with Crippen molar-refractivity contribution in [3.63, 3.8) is 0 Å². The van der Waals surface area contributed by atoms with E-state index in [1.165, 1.54) is 0 Å². The summed E-state index contributed by atoms with van der Waals surface area (Å²) in [5.41, 5.74) is 1.95. The maximum atomic E-state index is 8.76. The lowest BCUT2D eigenvalue weighted by molar-refractivity contribution is 0.305. The van der Waals surface area contributed by atoms with Crippen LogP contribution >= 0.6 is 0 Å². The minimum atomic E-state index is 0.0614. The molecule has 0 heterocycles. The maximum absolute atomic E-state index is 8.76. The summed E-state index contributed by atoms with van der Waals surface area (Å²) in [4.78, 5) is 2.09. The van der Waals surface area contributed by atoms with Crippen LogP contribution < -0.4 is 4.74 Å². The van der Waals surface area contributed by atoms with E-state index in [1.54, 1.807) is 7.11 Å². The number of ether oxygens (including phenoxy) is 1. The average Bonchev–Trinajstić information content (AvgIpc) is 2.46. The van der Waals surface area contributed by atoms with Crippen LogP contribution in [0.3, 0.4) is 0 Å². The molecule has 1 N–H and O–H groups in total. The van der Waals surface area contributed by atoms with Gasteiger partial charge in [0.1, 0.15) is 5.75 Å². The van der Waals surface area contributed by atoms with E-state index in [0.717, 1.165) is 30.0 Å². The lowest BCUT2D eigenvalue weighted by Crippen LogP contribution is -2.18. The first-order chi connectivity index (χ1) is 9.71. The number of hydrogen-bond acceptors (Lipinski definition) is 4. The number of nitriles is 1. The number of methoxy groups -OCH3 is 1. The second kappa shape index (κ2) is 8.98. The highest BCUT2D eigenvalue weighted by molar-refractivity contribution is 5.48. The number of aliphatic hydroxyl groups is 1. The second-order valence-corrected chi connectivity index (χ2v) is 4.46. The zero-order valence-corrected chi connectivity index (χ0v) is 12.0. The summed E-state index contributed by atoms with van der Waals surface area (Å²) in [5, 5.41) is 17.3. The molecule has 0 amide bonds. The molecule has 0 aliphatic rings. The van der Waals surface area contributed by atoms with E-state index in [1.807, 2.05) is 25.2 Å². The molecule has 0 saturated heterocycles. The zero-order valence-electron chi connectivity index (χ0n) is 12.0. The van der Waals surface area contributed by atoms with E-state index in [9.17, 15) is 0 Å². The van der Waals surface area contributed by atoms with Crippen molar-refractivity contribution < 1.29 is 9.84 Å². The van der Waals surface area contributed by atoms with Crippen molar-refractivity contribution in [2.45, 2.75) is 19.4 Å². The van der Waals surface area contributed by atoms with Gasteiger partial charge in [-0.1, -0.05) is 17.9 Å². The Morgan fingerprint density at radius 1 is 1.35 bits per heavy atom. The first-order valence-electron chi connectivity index (χ1n) is 6.53. The summed E-state index contributed by atoms with van der Waals surface area (Å²) in [6, 6.07) is 8.03. The number of hydrogen-bond donors (Lipinski definition) is 1. The van der Waals surface area contributed by atoms with Crippen molar-refractivity contribution in [1.82, 2.24) is 4.90 Å². The Kier molecular flexibility index (Phi) is 7.21. The highest BCUT2D eigenvalue weighted by atomic mass is 16.5. The molecule has 1 aromatic carbocycles. The Hall–Kier alpha value is -2.01. The van der Waals surface area contributed by atoms with E-state index in [4.69, 9.17) is 15.1 Å². The van der Waals surface area contributed by atoms with Gasteiger partial charge >= 0.3 is 0 Å². The van der Waals surface area contributed by atoms with Crippen LogP contribution in [-0.2, 0) is 6.54 Å². The van der Waals surface area contributed by atoms with Gasteiger partial charge in [-0.05, 0) is 24.7 Å². The smallest absolute Gasteiger partial charge is 0.134 e. The van der Waals surface area contributed by atoms with Gasteiger partial charge in [0.25, 0.3) is 0 Å². The highest BCUT2D eigenvalue weighted by Gasteiger charge is 2.05. The summed E-state index contributed by atoms with van der Waals surface area (Å²) >= 11 is 0. The molecule has 1 aromatic rings. The number of aliphatic hydroxyl groups excluding tert-OH is 1. The Morgan fingerprint density at radius 3 is 2.80 bits per heavy atom. The Morgan fingerprint density at radius 2 is 2.15 bits per heavy atom. The summed E-state index contributed by atoms with van der Waals surface area (Å²) in [6.07, 6.45) is 0.977. The standard InChI is InChI=1S/C16H20N2O2/c1-18(10-5-9-17)13-14-7-8-16(20-2)15(12-14)6-3-4-11-19/h7-8,12,19H,4-5,10-11,13H2,1-2H3. The predicted octanol–water partition coefficient (Wildman–Crippen LogP) is 1.77. The van der Waals surface area contributed by atoms with Crippen molar-refractivity contribution in [2.75, 3.05) is 27.3 Å². The molecular formula is C16H20N2O2. The molecule has 0 aliphatic carbocycles. The van der Waals surface area contributed by atoms with Gasteiger partial charge in [-0.3, -0.25) is 0 Å². The van der Waals surface area contributed by atoms with E-state index >= 15 is 0 Å². The predicted molar refractivity (Wildman–Crippen MR) is 78.1 cm³/mol. The maximum Gasteiger partial charge on any atom is 0.134 e. The van der Waals surface area contributed by atoms with Crippen LogP contribution in [0.15, 0.2) is 18.2 Å². The highest BCUT2D eigenvalue weighted by Crippen LogP contribution is 2.19. The Labute approximate surface area is 120 Å². The molecule has 106 valence electrons. The van der Waals surface area contributed by atoms with Gasteiger partial charge in [-0.25, -0.2) is 0 Å². The molecule has 0 aliphatic heterocycles. The third-order valence-electron chi connectivity index (χ3n) is 2.78. The first kappa shape index (κ1) is 16.0. The molecule has 20 heavy (non-hydrogen) atoms. The third kappa shape index (κ3) is 5.32. The van der Waals surface area contributed by atoms with Crippen molar-refractivity contribution in [2.24, 2.45) is 0 Å². The molecule has 0 atom stereocenters. The van der Waals surface area contributed by atoms with Crippen LogP contribution in [0, 0.1) is 23.2 Å². The first-order valence-corrected chi connectivity index (χ1v) is 6.53. The zero-order chi connectivity index (χ0) is 14.8. The lowest BCUT2D eigenvalue weighted by Gasteiger charge is -2.15. The molecule has 1 rings (SSSR count). The number of benzene rings is 1. The van der Waals surface area contributed by atoms with Crippen molar-refractivity contribution in [1.29, 1.82) is 5.26 Å². The minimum Gasteiger partial charge on any atom is -0.495 e. The van der Waals surface area contributed by atoms with Crippen LogP contribution in [0.2, 0.25) is 0 Å². The molecule has 0 saturated carbocycles. The van der Waals surface area contributed by atoms with Crippen molar-refractivity contribution in [3.05, 3.63) is 29.3 Å². The molecule has 4 heteroatoms. The Balaban J connectivity index is 2.82. The molecule has 0 spiro atoms. The van der Waals surface area contributed by atoms with Gasteiger partial charge in [0.2, 0.25) is 0 Å². The van der Waals surface area contributed by atoms with Gasteiger partial charge in [0, 0.05) is 25.9 Å². The molecule has 0 radical (unpaired) electrons. The number of nitrogens with zero attached hydrogens (tertiary/aromatic N) is 2. The van der Waals surface area contributed by atoms with E-state index in [-0.39, 0.29) is 6.61 Å². The molecule has 0 aromatic heterocycles. The van der Waals surface area contributed by atoms with Gasteiger partial charge in [0.15, 0.2) is 0 Å². The topological polar surface area (TPSA) is 56.5 Å². The molecule has 0 fully saturated rings. The van der Waals surface area contributed by atoms with E-state index in [2.05, 4.69) is 22.8 Å². The molecule has 0 unspecified atom stereocenters. The monoisotopic (exact) mass is 272 g/mol. The SMILES string of the molecule is COc1ccc(CN(C)CCC#N)cc1C#CCCO. The van der Waals surface area contributed by atoms with E-state index < -0.39 is 0 Å². The van der Waals surface area contributed by atoms with Crippen LogP contribution in [0.1, 0.15) is 24.0 Å². The van der Waals surface area contributed by atoms with Gasteiger partial charge in [-0.15, -0.1) is 0 Å². The molecule has 4 nitrogen and oxygen atoms in total. The lowest BCUT2D eigenvalue weighted by atomic mass is 10.1. The van der Waals surface area contributed by atoms with Gasteiger partial charge < -0.3 is 14.7 Å². The average molecular weight is 272 g/mol. The van der Waals surface area contributed by atoms with Crippen molar-refractivity contribution in [3.8, 4) is 23.7 Å². The largest absolute Gasteiger partial charge is 0.495 e. The fraction of sp³-hybridized carbons (Fsp3) is 0.438. The van der Waals surface area contributed by atoms with E-state index in [0.29, 0.717) is 12.8 Å². The normalized spacial score (nSPS) is 9.75. The van der Waals surface area contributed by atoms with Gasteiger partial charge in [0.05, 0.1) is 25.3 Å². The van der Waals surface area contributed by atoms with Crippen LogP contribution in [0.4, 0.5) is 0 Å².